The third kappa shape index (κ3) is 4.38. The highest BCUT2D eigenvalue weighted by Gasteiger charge is 2.38. The molecule has 0 saturated heterocycles. The normalized spacial score (nSPS) is 11.6. The van der Waals surface area contributed by atoms with Crippen molar-refractivity contribution < 1.29 is 22.3 Å². The predicted octanol–water partition coefficient (Wildman–Crippen LogP) is 6.96. The summed E-state index contributed by atoms with van der Waals surface area (Å²) in [6, 6.07) is 14.3. The number of halogens is 5. The van der Waals surface area contributed by atoms with Crippen LogP contribution in [0.3, 0.4) is 0 Å². The number of hydrogen-bond donors (Lipinski definition) is 0. The average Bonchev–Trinajstić information content (AvgIpc) is 2.99. The van der Waals surface area contributed by atoms with Crippen molar-refractivity contribution in [2.24, 2.45) is 0 Å². The van der Waals surface area contributed by atoms with Gasteiger partial charge in [0.1, 0.15) is 17.9 Å². The summed E-state index contributed by atoms with van der Waals surface area (Å²) < 4.78 is 51.2. The van der Waals surface area contributed by atoms with E-state index in [4.69, 9.17) is 20.8 Å². The maximum absolute atomic E-state index is 13.3. The lowest BCUT2D eigenvalue weighted by Crippen LogP contribution is -2.06. The third-order valence-corrected chi connectivity index (χ3v) is 4.20. The van der Waals surface area contributed by atoms with E-state index in [0.717, 1.165) is 10.5 Å². The van der Waals surface area contributed by atoms with E-state index in [0.29, 0.717) is 16.1 Å². The fourth-order valence-electron chi connectivity index (χ4n) is 2.17. The molecule has 1 aromatic heterocycles. The van der Waals surface area contributed by atoms with Crippen LogP contribution in [0.4, 0.5) is 13.2 Å². The first-order valence-corrected chi connectivity index (χ1v) is 8.34. The molecule has 0 radical (unpaired) electrons. The van der Waals surface area contributed by atoms with Crippen LogP contribution in [0.2, 0.25) is 5.02 Å². The maximum atomic E-state index is 13.3. The molecule has 0 aliphatic heterocycles. The summed E-state index contributed by atoms with van der Waals surface area (Å²) in [6.45, 7) is -0.0620. The fourth-order valence-corrected chi connectivity index (χ4v) is 2.56. The average molecular weight is 432 g/mol. The Hall–Kier alpha value is -1.92. The first kappa shape index (κ1) is 17.9. The Balaban J connectivity index is 1.88. The number of alkyl halides is 3. The van der Waals surface area contributed by atoms with Gasteiger partial charge in [-0.15, -0.1) is 0 Å². The van der Waals surface area contributed by atoms with Gasteiger partial charge in [0, 0.05) is 21.1 Å². The van der Waals surface area contributed by atoms with E-state index in [1.165, 1.54) is 0 Å². The summed E-state index contributed by atoms with van der Waals surface area (Å²) in [4.78, 5) is 0. The van der Waals surface area contributed by atoms with Crippen LogP contribution in [-0.2, 0) is 12.8 Å². The van der Waals surface area contributed by atoms with Gasteiger partial charge in [0.25, 0.3) is 5.95 Å². The topological polar surface area (TPSA) is 22.4 Å². The Labute approximate surface area is 155 Å². The van der Waals surface area contributed by atoms with E-state index in [1.54, 1.807) is 48.5 Å². The first-order valence-electron chi connectivity index (χ1n) is 7.17. The van der Waals surface area contributed by atoms with Crippen LogP contribution in [-0.4, -0.2) is 0 Å². The highest BCUT2D eigenvalue weighted by molar-refractivity contribution is 9.10. The number of ether oxygens (including phenoxy) is 1. The summed E-state index contributed by atoms with van der Waals surface area (Å²) in [6.07, 6.45) is -4.58. The largest absolute Gasteiger partial charge is 0.460 e. The Morgan fingerprint density at radius 1 is 1.00 bits per heavy atom. The third-order valence-electron chi connectivity index (χ3n) is 3.42. The predicted molar refractivity (Wildman–Crippen MR) is 92.6 cm³/mol. The second-order valence-corrected chi connectivity index (χ2v) is 6.58. The summed E-state index contributed by atoms with van der Waals surface area (Å²) in [7, 11) is 0. The molecule has 0 aliphatic rings. The zero-order valence-corrected chi connectivity index (χ0v) is 15.0. The molecule has 1 heterocycles. The summed E-state index contributed by atoms with van der Waals surface area (Å²) in [5.74, 6) is -0.466. The zero-order chi connectivity index (χ0) is 18.0. The molecule has 3 aromatic rings. The lowest BCUT2D eigenvalue weighted by molar-refractivity contribution is -0.139. The summed E-state index contributed by atoms with van der Waals surface area (Å²) in [5.41, 5.74) is 0.258. The SMILES string of the molecule is FC(F)(F)c1cc(-c2ccc(Br)cc2)oc1OCc1ccc(Cl)cc1. The lowest BCUT2D eigenvalue weighted by atomic mass is 10.1. The van der Waals surface area contributed by atoms with Gasteiger partial charge in [-0.1, -0.05) is 51.8 Å². The van der Waals surface area contributed by atoms with Crippen molar-refractivity contribution in [2.45, 2.75) is 12.8 Å². The minimum absolute atomic E-state index is 0.0620. The van der Waals surface area contributed by atoms with Crippen molar-refractivity contribution in [3.63, 3.8) is 0 Å². The van der Waals surface area contributed by atoms with Crippen LogP contribution in [0.25, 0.3) is 11.3 Å². The van der Waals surface area contributed by atoms with Crippen molar-refractivity contribution in [3.8, 4) is 17.3 Å². The van der Waals surface area contributed by atoms with Gasteiger partial charge >= 0.3 is 6.18 Å². The Morgan fingerprint density at radius 2 is 1.64 bits per heavy atom. The monoisotopic (exact) mass is 430 g/mol. The molecule has 0 unspecified atom stereocenters. The minimum Gasteiger partial charge on any atom is -0.460 e. The van der Waals surface area contributed by atoms with Gasteiger partial charge in [0.05, 0.1) is 0 Å². The van der Waals surface area contributed by atoms with E-state index in [2.05, 4.69) is 15.9 Å². The van der Waals surface area contributed by atoms with Crippen molar-refractivity contribution in [2.75, 3.05) is 0 Å². The molecule has 25 heavy (non-hydrogen) atoms. The van der Waals surface area contributed by atoms with E-state index in [-0.39, 0.29) is 12.4 Å². The number of benzene rings is 2. The first-order chi connectivity index (χ1) is 11.8. The van der Waals surface area contributed by atoms with Gasteiger partial charge in [-0.05, 0) is 29.8 Å². The van der Waals surface area contributed by atoms with E-state index >= 15 is 0 Å². The molecule has 0 amide bonds. The molecule has 0 N–H and O–H groups in total. The fraction of sp³-hybridized carbons (Fsp3) is 0.111. The highest BCUT2D eigenvalue weighted by Crippen LogP contribution is 2.41. The van der Waals surface area contributed by atoms with Gasteiger partial charge in [-0.3, -0.25) is 0 Å². The molecular formula is C18H11BrClF3O2. The molecule has 3 rings (SSSR count). The standard InChI is InChI=1S/C18H11BrClF3O2/c19-13-5-3-12(4-6-13)16-9-15(18(21,22)23)17(25-16)24-10-11-1-7-14(20)8-2-11/h1-9H,10H2. The molecule has 0 fully saturated rings. The van der Waals surface area contributed by atoms with Crippen molar-refractivity contribution in [1.82, 2.24) is 0 Å². The van der Waals surface area contributed by atoms with Crippen LogP contribution in [0.1, 0.15) is 11.1 Å². The highest BCUT2D eigenvalue weighted by atomic mass is 79.9. The van der Waals surface area contributed by atoms with Crippen LogP contribution < -0.4 is 4.74 Å². The number of hydrogen-bond acceptors (Lipinski definition) is 2. The molecule has 0 atom stereocenters. The molecule has 2 nitrogen and oxygen atoms in total. The summed E-state index contributed by atoms with van der Waals surface area (Å²) >= 11 is 9.07. The second kappa shape index (κ2) is 7.14. The van der Waals surface area contributed by atoms with E-state index in [9.17, 15) is 13.2 Å². The molecule has 0 spiro atoms. The van der Waals surface area contributed by atoms with Crippen LogP contribution in [0.5, 0.6) is 5.95 Å². The summed E-state index contributed by atoms with van der Waals surface area (Å²) in [5, 5.41) is 0.537. The smallest absolute Gasteiger partial charge is 0.423 e. The number of furan rings is 1. The molecule has 130 valence electrons. The minimum atomic E-state index is -4.58. The zero-order valence-electron chi connectivity index (χ0n) is 12.6. The molecule has 0 aliphatic carbocycles. The molecule has 0 bridgehead atoms. The lowest BCUT2D eigenvalue weighted by Gasteiger charge is -2.08. The Kier molecular flexibility index (Phi) is 5.11. The van der Waals surface area contributed by atoms with Crippen LogP contribution >= 0.6 is 27.5 Å². The van der Waals surface area contributed by atoms with Gasteiger partial charge in [0.2, 0.25) is 0 Å². The second-order valence-electron chi connectivity index (χ2n) is 5.23. The quantitative estimate of drug-likeness (QED) is 0.445. The van der Waals surface area contributed by atoms with Gasteiger partial charge < -0.3 is 9.15 Å². The van der Waals surface area contributed by atoms with E-state index < -0.39 is 17.7 Å². The van der Waals surface area contributed by atoms with Crippen LogP contribution in [0, 0.1) is 0 Å². The van der Waals surface area contributed by atoms with Crippen molar-refractivity contribution in [3.05, 3.63) is 75.2 Å². The molecular weight excluding hydrogens is 421 g/mol. The van der Waals surface area contributed by atoms with E-state index in [1.807, 2.05) is 0 Å². The van der Waals surface area contributed by atoms with Crippen LogP contribution in [0.15, 0.2) is 63.5 Å². The van der Waals surface area contributed by atoms with Gasteiger partial charge in [-0.2, -0.15) is 13.2 Å². The molecule has 0 saturated carbocycles. The van der Waals surface area contributed by atoms with Crippen molar-refractivity contribution in [1.29, 1.82) is 0 Å². The Morgan fingerprint density at radius 3 is 2.24 bits per heavy atom. The molecule has 2 aromatic carbocycles. The van der Waals surface area contributed by atoms with Gasteiger partial charge in [0.15, 0.2) is 0 Å². The Bertz CT molecular complexity index is 856. The van der Waals surface area contributed by atoms with Gasteiger partial charge in [-0.25, -0.2) is 0 Å². The number of rotatable bonds is 4. The van der Waals surface area contributed by atoms with Crippen molar-refractivity contribution >= 4 is 27.5 Å². The maximum Gasteiger partial charge on any atom is 0.423 e. The molecule has 7 heteroatoms.